The van der Waals surface area contributed by atoms with Crippen molar-refractivity contribution in [1.29, 1.82) is 0 Å². The first kappa shape index (κ1) is 96.4. The van der Waals surface area contributed by atoms with Gasteiger partial charge in [0.2, 0.25) is 21.8 Å². The van der Waals surface area contributed by atoms with Crippen LogP contribution >= 0.6 is 0 Å². The van der Waals surface area contributed by atoms with E-state index in [9.17, 15) is 27.5 Å². The van der Waals surface area contributed by atoms with Gasteiger partial charge in [-0.15, -0.1) is 0 Å². The fraction of sp³-hybridized carbons (Fsp3) is 0.340. The molecule has 16 aromatic rings. The number of benzene rings is 4. The quantitative estimate of drug-likeness (QED) is 0.0375. The highest BCUT2D eigenvalue weighted by atomic mass is 32.2. The van der Waals surface area contributed by atoms with Gasteiger partial charge in [0, 0.05) is 292 Å². The van der Waals surface area contributed by atoms with Crippen LogP contribution in [0.25, 0.3) is 135 Å². The molecular weight excluding hydrogens is 1800 g/mol. The summed E-state index contributed by atoms with van der Waals surface area (Å²) in [5.74, 6) is 4.31. The number of carbonyl (C=O) groups is 2. The molecule has 36 nitrogen and oxygen atoms in total. The number of aliphatic hydroxyl groups is 1. The van der Waals surface area contributed by atoms with Crippen LogP contribution in [-0.2, 0) is 76.0 Å². The summed E-state index contributed by atoms with van der Waals surface area (Å²) >= 11 is 0. The van der Waals surface area contributed by atoms with Gasteiger partial charge in [0.25, 0.3) is 0 Å². The van der Waals surface area contributed by atoms with E-state index >= 15 is 8.78 Å². The number of aryl methyl sites for hydroxylation is 8. The molecule has 3 saturated heterocycles. The zero-order chi connectivity index (χ0) is 98.1. The van der Waals surface area contributed by atoms with Crippen molar-refractivity contribution in [3.05, 3.63) is 221 Å². The molecule has 40 heteroatoms. The van der Waals surface area contributed by atoms with Gasteiger partial charge in [-0.05, 0) is 85.0 Å². The zero-order valence-electron chi connectivity index (χ0n) is 79.8. The number of hydrogen-bond acceptors (Lipinski definition) is 25. The standard InChI is InChI=1S/2C26H29FN8O.C25H29FN8O2S.C23H25N7O/c1-18(36)35-9-7-26(27,8-10-35)17-29-25-23(22-13-31-34(3)16-22)14-28-24(32-25)20-6-4-5-19(11-20)21-12-30-33(2)15-21;1-17(36)35-8-7-20(24(27)16-35)10-28-26-23(22-12-31-34(3)15-22)13-29-25(32-26)19-6-4-5-18(9-19)21-11-30-33(2)14-21;1-32-15-20(12-29-32)18-5-4-6-19(11-18)23-27-14-22(21-13-30-33(2)16-21)24(31-23)28-17-25(26)7-9-34(10-8-25)37(3,35)36;1-29-13-17(10-25-29)15-5-3-6-16(9-15)22-24-12-19(18-11-26-30(2)14-18)23(28-22)27-20-7-4-8-21(20)31/h4-6,11-16H,7-10,17H2,1-3H3,(H,28,29,32);4-6,9,11-15,20,24H,7-8,10,16H2,1-3H3,(H,28,29,32);4-6,11-16H,7-10,17H2,1-3H3,(H,27,28,31);3,5-6,9-14,20-21,31H,4,7-8H2,1-2H3,(H,24,27,28). The first-order chi connectivity index (χ1) is 67.3. The van der Waals surface area contributed by atoms with Crippen LogP contribution in [0.2, 0.25) is 0 Å². The molecule has 4 aromatic carbocycles. The Morgan fingerprint density at radius 1 is 0.386 bits per heavy atom. The number of sulfonamides is 1. The Bertz CT molecular complexity index is 7180. The minimum atomic E-state index is -3.33. The number of aromatic nitrogens is 24. The van der Waals surface area contributed by atoms with Gasteiger partial charge >= 0.3 is 0 Å². The summed E-state index contributed by atoms with van der Waals surface area (Å²) in [4.78, 5) is 64.4. The number of carbonyl (C=O) groups excluding carboxylic acids is 2. The highest BCUT2D eigenvalue weighted by Crippen LogP contribution is 2.40. The van der Waals surface area contributed by atoms with Gasteiger partial charge < -0.3 is 36.2 Å². The lowest BCUT2D eigenvalue weighted by Gasteiger charge is -2.36. The molecule has 0 bridgehead atoms. The Kier molecular flexibility index (Phi) is 28.9. The third kappa shape index (κ3) is 23.4. The van der Waals surface area contributed by atoms with Crippen molar-refractivity contribution in [3.8, 4) is 135 Å². The maximum atomic E-state index is 15.7. The van der Waals surface area contributed by atoms with Crippen LogP contribution in [0, 0.1) is 5.92 Å². The molecule has 4 fully saturated rings. The van der Waals surface area contributed by atoms with Crippen LogP contribution in [-0.4, -0.2) is 252 Å². The topological polar surface area (TPSA) is 392 Å². The molecule has 1 saturated carbocycles. The van der Waals surface area contributed by atoms with Crippen LogP contribution in [0.5, 0.6) is 0 Å². The number of aliphatic hydroxyl groups excluding tert-OH is 1. The van der Waals surface area contributed by atoms with Gasteiger partial charge in [0.05, 0.1) is 87.6 Å². The van der Waals surface area contributed by atoms with Crippen molar-refractivity contribution < 1.29 is 36.3 Å². The van der Waals surface area contributed by atoms with Crippen LogP contribution in [0.4, 0.5) is 36.4 Å². The third-order valence-corrected chi connectivity index (χ3v) is 27.0. The van der Waals surface area contributed by atoms with Crippen LogP contribution < -0.4 is 21.3 Å². The number of nitrogens with one attached hydrogen (secondary N) is 4. The number of rotatable bonds is 24. The van der Waals surface area contributed by atoms with Crippen LogP contribution in [0.3, 0.4) is 0 Å². The summed E-state index contributed by atoms with van der Waals surface area (Å²) in [5, 5.41) is 57.7. The molecule has 140 heavy (non-hydrogen) atoms. The maximum Gasteiger partial charge on any atom is 0.219 e. The summed E-state index contributed by atoms with van der Waals surface area (Å²) in [6.07, 6.45) is 40.6. The molecule has 724 valence electrons. The second kappa shape index (κ2) is 41.9. The molecule has 0 radical (unpaired) electrons. The number of halogens is 3. The molecule has 15 heterocycles. The number of piperidine rings is 3. The lowest BCUT2D eigenvalue weighted by Crippen LogP contribution is -2.47. The van der Waals surface area contributed by atoms with E-state index in [0.29, 0.717) is 78.9 Å². The van der Waals surface area contributed by atoms with Crippen molar-refractivity contribution in [1.82, 2.24) is 132 Å². The fourth-order valence-electron chi connectivity index (χ4n) is 17.6. The average Bonchev–Trinajstić information content (AvgIpc) is 1.37. The van der Waals surface area contributed by atoms with Crippen LogP contribution in [0.1, 0.15) is 65.2 Å². The molecular formula is C100H112F3N31O5S. The van der Waals surface area contributed by atoms with Gasteiger partial charge in [-0.3, -0.25) is 47.0 Å². The fourth-order valence-corrected chi connectivity index (χ4v) is 18.4. The predicted octanol–water partition coefficient (Wildman–Crippen LogP) is 13.7. The lowest BCUT2D eigenvalue weighted by atomic mass is 9.93. The molecule has 1 aliphatic carbocycles. The molecule has 4 aliphatic rings. The van der Waals surface area contributed by atoms with E-state index in [2.05, 4.69) is 94.1 Å². The summed E-state index contributed by atoms with van der Waals surface area (Å²) in [6.45, 7) is 5.35. The molecule has 5 N–H and O–H groups in total. The predicted molar refractivity (Wildman–Crippen MR) is 530 cm³/mol. The Morgan fingerprint density at radius 2 is 0.686 bits per heavy atom. The lowest BCUT2D eigenvalue weighted by molar-refractivity contribution is -0.132. The van der Waals surface area contributed by atoms with Gasteiger partial charge in [0.1, 0.15) is 40.8 Å². The number of alkyl halides is 3. The van der Waals surface area contributed by atoms with E-state index in [-0.39, 0.29) is 88.3 Å². The molecule has 3 aliphatic heterocycles. The van der Waals surface area contributed by atoms with E-state index in [0.717, 1.165) is 137 Å². The van der Waals surface area contributed by atoms with Gasteiger partial charge in [0.15, 0.2) is 23.3 Å². The van der Waals surface area contributed by atoms with E-state index in [1.54, 1.807) is 96.8 Å². The minimum absolute atomic E-state index is 0.00401. The minimum Gasteiger partial charge on any atom is -0.391 e. The van der Waals surface area contributed by atoms with E-state index < -0.39 is 27.5 Å². The van der Waals surface area contributed by atoms with E-state index in [1.807, 2.05) is 216 Å². The number of hydrogen-bond donors (Lipinski definition) is 5. The Labute approximate surface area is 808 Å². The molecule has 20 rings (SSSR count). The smallest absolute Gasteiger partial charge is 0.219 e. The first-order valence-corrected chi connectivity index (χ1v) is 48.1. The monoisotopic (exact) mass is 1920 g/mol. The van der Waals surface area contributed by atoms with Crippen molar-refractivity contribution in [2.24, 2.45) is 62.3 Å². The highest BCUT2D eigenvalue weighted by Gasteiger charge is 2.39. The van der Waals surface area contributed by atoms with E-state index in [4.69, 9.17) is 19.9 Å². The van der Waals surface area contributed by atoms with Gasteiger partial charge in [-0.25, -0.2) is 65.8 Å². The summed E-state index contributed by atoms with van der Waals surface area (Å²) in [5.41, 5.74) is 15.2. The Morgan fingerprint density at radius 3 is 0.979 bits per heavy atom. The third-order valence-electron chi connectivity index (χ3n) is 25.6. The summed E-state index contributed by atoms with van der Waals surface area (Å²) in [6, 6.07) is 32.0. The average molecular weight is 1920 g/mol. The van der Waals surface area contributed by atoms with E-state index in [1.165, 1.54) is 18.2 Å². The number of amides is 2. The maximum absolute atomic E-state index is 15.7. The molecule has 12 aromatic heterocycles. The molecule has 4 atom stereocenters. The van der Waals surface area contributed by atoms with Gasteiger partial charge in [-0.1, -0.05) is 72.8 Å². The first-order valence-electron chi connectivity index (χ1n) is 46.3. The normalized spacial score (nSPS) is 16.8. The van der Waals surface area contributed by atoms with Crippen molar-refractivity contribution in [2.75, 3.05) is 86.4 Å². The van der Waals surface area contributed by atoms with Crippen molar-refractivity contribution in [3.63, 3.8) is 0 Å². The summed E-state index contributed by atoms with van der Waals surface area (Å²) < 4.78 is 85.1. The molecule has 2 amide bonds. The second-order valence-electron chi connectivity index (χ2n) is 36.2. The van der Waals surface area contributed by atoms with Crippen molar-refractivity contribution >= 4 is 45.1 Å². The summed E-state index contributed by atoms with van der Waals surface area (Å²) in [7, 11) is 11.6. The SMILES string of the molecule is CC(=O)N1CCC(CNc2nc(-c3cccc(-c4cnn(C)c4)c3)ncc2-c2cnn(C)c2)C(F)C1.CC(=O)N1CCC(F)(CNc2nc(-c3cccc(-c4cnn(C)c4)c3)ncc2-c2cnn(C)c2)CC1.Cn1cc(-c2cccc(-c3ncc(-c4cnn(C)c4)c(NC4CCCC4O)n3)c2)cn1.Cn1cc(-c2cccc(-c3ncc(-c4cnn(C)c4)c(NCC4(F)CCN(S(C)(=O)=O)CC4)n3)c2)cn1. The highest BCUT2D eigenvalue weighted by molar-refractivity contribution is 7.88. The second-order valence-corrected chi connectivity index (χ2v) is 38.2. The molecule has 4 unspecified atom stereocenters. The van der Waals surface area contributed by atoms with Crippen LogP contribution in [0.15, 0.2) is 221 Å². The number of anilines is 4. The largest absolute Gasteiger partial charge is 0.391 e. The number of nitrogens with zero attached hydrogens (tertiary/aromatic N) is 27. The van der Waals surface area contributed by atoms with Crippen molar-refractivity contribution in [2.45, 2.75) is 94.9 Å². The van der Waals surface area contributed by atoms with Gasteiger partial charge in [-0.2, -0.15) is 40.8 Å². The zero-order valence-corrected chi connectivity index (χ0v) is 80.6. The number of likely N-dealkylation sites (tertiary alicyclic amines) is 2. The Balaban J connectivity index is 0.000000129. The Hall–Kier alpha value is -15.3. The molecule has 0 spiro atoms.